The average molecular weight is 735 g/mol. The van der Waals surface area contributed by atoms with Crippen LogP contribution in [0.4, 0.5) is 0 Å². The van der Waals surface area contributed by atoms with Gasteiger partial charge in [0.25, 0.3) is 11.8 Å². The van der Waals surface area contributed by atoms with E-state index in [-0.39, 0.29) is 45.4 Å². The molecule has 5 fully saturated rings. The summed E-state index contributed by atoms with van der Waals surface area (Å²) in [4.78, 5) is 57.8. The van der Waals surface area contributed by atoms with Crippen molar-refractivity contribution < 1.29 is 23.4 Å². The highest BCUT2D eigenvalue weighted by molar-refractivity contribution is 7.80. The van der Waals surface area contributed by atoms with Crippen LogP contribution in [0.2, 0.25) is 0 Å². The first-order valence-electron chi connectivity index (χ1n) is 19.1. The van der Waals surface area contributed by atoms with Gasteiger partial charge >= 0.3 is 0 Å². The van der Waals surface area contributed by atoms with E-state index >= 15 is 0 Å². The van der Waals surface area contributed by atoms with E-state index in [1.807, 2.05) is 32.0 Å². The number of carbonyl (C=O) groups excluding carboxylic acids is 4. The SMILES string of the molecule is C=C[C@@H]1C[C@]1(NC(=O)C1C[C@@]2(CN1C(=O)[C@@H](NC(=O)c1cccc(C(=O)NCCC)c1)C(C)(C)C)C(C)(C)C21CCC1)C(=C)NS(=O)N1CCCC1. The normalized spacial score (nSPS) is 29.5. The second-order valence-electron chi connectivity index (χ2n) is 17.4. The van der Waals surface area contributed by atoms with Gasteiger partial charge < -0.3 is 20.9 Å². The van der Waals surface area contributed by atoms with Gasteiger partial charge in [-0.05, 0) is 79.4 Å². The first kappa shape index (κ1) is 38.2. The summed E-state index contributed by atoms with van der Waals surface area (Å²) in [6, 6.07) is 4.78. The van der Waals surface area contributed by atoms with Crippen molar-refractivity contribution in [2.24, 2.45) is 27.6 Å². The standard InChI is InChI=1S/C40H58N6O5S/c1-9-19-41-32(47)27-15-13-16-28(22-27)33(48)42-31(36(4,5)6)35(50)46-25-39(37(7,8)38(39)17-14-18-38)24-30(46)34(49)43-40(23-29(40)10-2)26(3)44-52(51)45-20-11-12-21-45/h10,13,15-16,22,29-31,44H,2-3,9,11-12,14,17-21,23-25H2,1,4-8H3,(H,41,47)(H,42,48)(H,43,49)/t29-,30?,31-,39-,40+,52?/m1/s1. The van der Waals surface area contributed by atoms with E-state index in [1.165, 1.54) is 0 Å². The maximum atomic E-state index is 14.9. The minimum absolute atomic E-state index is 0.0518. The van der Waals surface area contributed by atoms with E-state index in [0.29, 0.717) is 37.2 Å². The molecule has 2 spiro atoms. The minimum atomic E-state index is -1.47. The van der Waals surface area contributed by atoms with E-state index in [9.17, 15) is 23.4 Å². The average Bonchev–Trinajstić information content (AvgIpc) is 3.55. The number of benzene rings is 1. The molecule has 3 saturated carbocycles. The zero-order valence-corrected chi connectivity index (χ0v) is 32.7. The number of amides is 4. The fourth-order valence-electron chi connectivity index (χ4n) is 9.79. The summed E-state index contributed by atoms with van der Waals surface area (Å²) in [5.41, 5.74) is -0.632. The van der Waals surface area contributed by atoms with Gasteiger partial charge in [0.1, 0.15) is 12.1 Å². The predicted molar refractivity (Wildman–Crippen MR) is 203 cm³/mol. The molecule has 5 aliphatic rings. The van der Waals surface area contributed by atoms with Crippen LogP contribution < -0.4 is 20.7 Å². The highest BCUT2D eigenvalue weighted by atomic mass is 32.2. The van der Waals surface area contributed by atoms with Crippen molar-refractivity contribution in [3.8, 4) is 0 Å². The Morgan fingerprint density at radius 3 is 2.21 bits per heavy atom. The number of likely N-dealkylation sites (tertiary alicyclic amines) is 1. The van der Waals surface area contributed by atoms with E-state index in [1.54, 1.807) is 35.2 Å². The van der Waals surface area contributed by atoms with Gasteiger partial charge in [-0.25, -0.2) is 8.51 Å². The van der Waals surface area contributed by atoms with Crippen LogP contribution in [0.25, 0.3) is 0 Å². The molecule has 2 heterocycles. The Labute approximate surface area is 311 Å². The molecule has 0 bridgehead atoms. The highest BCUT2D eigenvalue weighted by Crippen LogP contribution is 2.88. The molecular weight excluding hydrogens is 677 g/mol. The van der Waals surface area contributed by atoms with Crippen LogP contribution >= 0.6 is 0 Å². The maximum Gasteiger partial charge on any atom is 0.251 e. The third-order valence-electron chi connectivity index (χ3n) is 13.4. The van der Waals surface area contributed by atoms with Crippen LogP contribution in [0.1, 0.15) is 114 Å². The first-order valence-corrected chi connectivity index (χ1v) is 20.2. The van der Waals surface area contributed by atoms with Crippen molar-refractivity contribution in [2.75, 3.05) is 26.2 Å². The second kappa shape index (κ2) is 13.7. The zero-order valence-electron chi connectivity index (χ0n) is 31.9. The van der Waals surface area contributed by atoms with Gasteiger partial charge in [0.05, 0.1) is 5.54 Å². The van der Waals surface area contributed by atoms with Crippen molar-refractivity contribution in [1.29, 1.82) is 0 Å². The lowest BCUT2D eigenvalue weighted by atomic mass is 9.73. The third-order valence-corrected chi connectivity index (χ3v) is 14.7. The van der Waals surface area contributed by atoms with Crippen molar-refractivity contribution in [2.45, 2.75) is 111 Å². The Morgan fingerprint density at radius 1 is 1.02 bits per heavy atom. The monoisotopic (exact) mass is 734 g/mol. The smallest absolute Gasteiger partial charge is 0.251 e. The Hall–Kier alpha value is -3.51. The quantitative estimate of drug-likeness (QED) is 0.220. The molecule has 1 aromatic carbocycles. The summed E-state index contributed by atoms with van der Waals surface area (Å²) in [7, 11) is 0. The Balaban J connectivity index is 1.26. The van der Waals surface area contributed by atoms with Crippen molar-refractivity contribution in [3.63, 3.8) is 0 Å². The Kier molecular flexibility index (Phi) is 10.1. The summed E-state index contributed by atoms with van der Waals surface area (Å²) in [6.07, 6.45) is 8.95. The molecule has 1 aromatic rings. The number of nitrogens with zero attached hydrogens (tertiary/aromatic N) is 2. The number of hydrogen-bond donors (Lipinski definition) is 4. The molecule has 12 heteroatoms. The molecule has 3 aliphatic carbocycles. The van der Waals surface area contributed by atoms with E-state index in [4.69, 9.17) is 0 Å². The number of rotatable bonds is 13. The molecule has 0 aromatic heterocycles. The largest absolute Gasteiger partial charge is 0.352 e. The van der Waals surface area contributed by atoms with E-state index in [2.05, 4.69) is 47.7 Å². The van der Waals surface area contributed by atoms with Crippen LogP contribution in [-0.4, -0.2) is 80.8 Å². The molecule has 4 N–H and O–H groups in total. The second-order valence-corrected chi connectivity index (χ2v) is 18.6. The fourth-order valence-corrected chi connectivity index (χ4v) is 10.9. The van der Waals surface area contributed by atoms with Gasteiger partial charge in [-0.3, -0.25) is 23.9 Å². The Bertz CT molecular complexity index is 1680. The number of hydrogen-bond acceptors (Lipinski definition) is 5. The minimum Gasteiger partial charge on any atom is -0.352 e. The van der Waals surface area contributed by atoms with Crippen LogP contribution in [0.3, 0.4) is 0 Å². The van der Waals surface area contributed by atoms with E-state index in [0.717, 1.165) is 51.6 Å². The van der Waals surface area contributed by atoms with Crippen LogP contribution in [-0.2, 0) is 20.8 Å². The lowest BCUT2D eigenvalue weighted by Gasteiger charge is -2.36. The van der Waals surface area contributed by atoms with Gasteiger partial charge in [-0.1, -0.05) is 66.7 Å². The summed E-state index contributed by atoms with van der Waals surface area (Å²) >= 11 is -1.47. The zero-order chi connectivity index (χ0) is 37.9. The van der Waals surface area contributed by atoms with Crippen molar-refractivity contribution in [1.82, 2.24) is 29.9 Å². The molecule has 4 amide bonds. The fraction of sp³-hybridized carbons (Fsp3) is 0.650. The third kappa shape index (κ3) is 6.21. The van der Waals surface area contributed by atoms with Gasteiger partial charge in [0.15, 0.2) is 11.2 Å². The first-order chi connectivity index (χ1) is 24.5. The lowest BCUT2D eigenvalue weighted by molar-refractivity contribution is -0.142. The van der Waals surface area contributed by atoms with Crippen LogP contribution in [0, 0.1) is 27.6 Å². The molecule has 6 rings (SSSR count). The lowest BCUT2D eigenvalue weighted by Crippen LogP contribution is -2.59. The van der Waals surface area contributed by atoms with Crippen molar-refractivity contribution >= 4 is 34.8 Å². The maximum absolute atomic E-state index is 14.9. The number of nitrogens with one attached hydrogen (secondary N) is 4. The molecule has 2 unspecified atom stereocenters. The van der Waals surface area contributed by atoms with Crippen LogP contribution in [0.5, 0.6) is 0 Å². The van der Waals surface area contributed by atoms with Gasteiger partial charge in [0.2, 0.25) is 11.8 Å². The Morgan fingerprint density at radius 2 is 1.67 bits per heavy atom. The molecule has 2 saturated heterocycles. The molecule has 6 atom stereocenters. The summed E-state index contributed by atoms with van der Waals surface area (Å²) < 4.78 is 18.1. The molecule has 2 aliphatic heterocycles. The summed E-state index contributed by atoms with van der Waals surface area (Å²) in [5.74, 6) is -1.39. The molecule has 52 heavy (non-hydrogen) atoms. The summed E-state index contributed by atoms with van der Waals surface area (Å²) in [5, 5.41) is 9.13. The van der Waals surface area contributed by atoms with Crippen LogP contribution in [0.15, 0.2) is 49.2 Å². The topological polar surface area (TPSA) is 140 Å². The highest BCUT2D eigenvalue weighted by Gasteiger charge is 2.85. The van der Waals surface area contributed by atoms with Crippen molar-refractivity contribution in [3.05, 3.63) is 60.3 Å². The molecule has 11 nitrogen and oxygen atoms in total. The van der Waals surface area contributed by atoms with Gasteiger partial charge in [-0.15, -0.1) is 6.58 Å². The van der Waals surface area contributed by atoms with Gasteiger partial charge in [-0.2, -0.15) is 0 Å². The number of fused-ring (bicyclic) bond motifs is 1. The number of carbonyl (C=O) groups is 4. The molecular formula is C40H58N6O5S. The molecule has 284 valence electrons. The molecule has 0 radical (unpaired) electrons. The van der Waals surface area contributed by atoms with E-state index < -0.39 is 40.1 Å². The summed E-state index contributed by atoms with van der Waals surface area (Å²) in [6.45, 7) is 22.9. The van der Waals surface area contributed by atoms with Gasteiger partial charge in [0, 0.05) is 54.3 Å². The predicted octanol–water partition coefficient (Wildman–Crippen LogP) is 4.61.